The molecule has 2 saturated heterocycles. The predicted octanol–water partition coefficient (Wildman–Crippen LogP) is 1.18. The molecule has 2 fully saturated rings. The number of nitrogens with one attached hydrogen (secondary N) is 1. The first-order valence-electron chi connectivity index (χ1n) is 8.19. The number of hydrogen-bond donors (Lipinski definition) is 1. The third-order valence-electron chi connectivity index (χ3n) is 4.08. The molecule has 2 rings (SSSR count). The van der Waals surface area contributed by atoms with Crippen LogP contribution in [0.1, 0.15) is 47.0 Å². The number of nitrogens with zero attached hydrogens (tertiary/aromatic N) is 1. The summed E-state index contributed by atoms with van der Waals surface area (Å²) >= 11 is 0. The summed E-state index contributed by atoms with van der Waals surface area (Å²) in [5.41, 5.74) is -0.673. The fourth-order valence-corrected chi connectivity index (χ4v) is 3.06. The fourth-order valence-electron chi connectivity index (χ4n) is 3.06. The molecule has 136 valence electrons. The zero-order chi connectivity index (χ0) is 18.1. The van der Waals surface area contributed by atoms with Crippen molar-refractivity contribution in [1.82, 2.24) is 10.2 Å². The van der Waals surface area contributed by atoms with Gasteiger partial charge in [0.25, 0.3) is 5.91 Å². The minimum absolute atomic E-state index is 0.347. The van der Waals surface area contributed by atoms with Crippen LogP contribution in [0.2, 0.25) is 0 Å². The molecule has 0 bridgehead atoms. The van der Waals surface area contributed by atoms with Gasteiger partial charge in [0.2, 0.25) is 0 Å². The largest absolute Gasteiger partial charge is 0.467 e. The van der Waals surface area contributed by atoms with E-state index in [4.69, 9.17) is 14.2 Å². The van der Waals surface area contributed by atoms with Crippen LogP contribution in [0.3, 0.4) is 0 Å². The number of amides is 2. The number of carbonyl (C=O) groups excluding carboxylic acids is 3. The second-order valence-corrected chi connectivity index (χ2v) is 7.14. The van der Waals surface area contributed by atoms with Crippen molar-refractivity contribution in [3.8, 4) is 0 Å². The lowest BCUT2D eigenvalue weighted by molar-refractivity contribution is -0.200. The molecule has 0 aromatic rings. The van der Waals surface area contributed by atoms with Gasteiger partial charge in [0, 0.05) is 0 Å². The summed E-state index contributed by atoms with van der Waals surface area (Å²) in [6.07, 6.45) is 0.269. The van der Waals surface area contributed by atoms with Gasteiger partial charge in [-0.05, 0) is 47.0 Å². The Morgan fingerprint density at radius 2 is 1.96 bits per heavy atom. The molecule has 0 aliphatic carbocycles. The van der Waals surface area contributed by atoms with Crippen LogP contribution in [0.25, 0.3) is 0 Å². The Hall–Kier alpha value is -1.83. The highest BCUT2D eigenvalue weighted by atomic mass is 16.6. The van der Waals surface area contributed by atoms with E-state index in [1.54, 1.807) is 27.7 Å². The van der Waals surface area contributed by atoms with Crippen LogP contribution in [0.4, 0.5) is 4.79 Å². The van der Waals surface area contributed by atoms with E-state index in [9.17, 15) is 14.4 Å². The normalized spacial score (nSPS) is 30.4. The molecule has 8 heteroatoms. The maximum absolute atomic E-state index is 12.9. The summed E-state index contributed by atoms with van der Waals surface area (Å²) < 4.78 is 15.9. The van der Waals surface area contributed by atoms with Gasteiger partial charge < -0.3 is 24.4 Å². The van der Waals surface area contributed by atoms with Gasteiger partial charge in [-0.2, -0.15) is 0 Å². The van der Waals surface area contributed by atoms with E-state index in [1.165, 1.54) is 12.0 Å². The molecule has 8 nitrogen and oxygen atoms in total. The zero-order valence-corrected chi connectivity index (χ0v) is 14.8. The van der Waals surface area contributed by atoms with Crippen LogP contribution >= 0.6 is 0 Å². The predicted molar refractivity (Wildman–Crippen MR) is 84.0 cm³/mol. The van der Waals surface area contributed by atoms with Crippen LogP contribution in [0, 0.1) is 0 Å². The van der Waals surface area contributed by atoms with Crippen LogP contribution in [-0.4, -0.2) is 60.0 Å². The lowest BCUT2D eigenvalue weighted by Crippen LogP contribution is -2.67. The van der Waals surface area contributed by atoms with E-state index in [0.717, 1.165) is 6.42 Å². The van der Waals surface area contributed by atoms with E-state index < -0.39 is 42.1 Å². The average molecular weight is 342 g/mol. The number of carbonyl (C=O) groups is 3. The van der Waals surface area contributed by atoms with Crippen molar-refractivity contribution in [2.75, 3.05) is 7.11 Å². The summed E-state index contributed by atoms with van der Waals surface area (Å²) in [6, 6.07) is -1.59. The second kappa shape index (κ2) is 6.96. The van der Waals surface area contributed by atoms with Crippen LogP contribution in [0.5, 0.6) is 0 Å². The number of hydrogen-bond acceptors (Lipinski definition) is 6. The Kier molecular flexibility index (Phi) is 5.37. The molecule has 2 amide bonds. The molecule has 0 aromatic carbocycles. The minimum Gasteiger partial charge on any atom is -0.467 e. The third-order valence-corrected chi connectivity index (χ3v) is 4.08. The monoisotopic (exact) mass is 342 g/mol. The van der Waals surface area contributed by atoms with E-state index in [1.807, 2.05) is 0 Å². The Morgan fingerprint density at radius 1 is 1.29 bits per heavy atom. The maximum atomic E-state index is 12.9. The van der Waals surface area contributed by atoms with E-state index >= 15 is 0 Å². The van der Waals surface area contributed by atoms with Crippen molar-refractivity contribution >= 4 is 18.0 Å². The Balaban J connectivity index is 2.14. The van der Waals surface area contributed by atoms with Crippen LogP contribution < -0.4 is 5.32 Å². The molecular weight excluding hydrogens is 316 g/mol. The summed E-state index contributed by atoms with van der Waals surface area (Å²) in [5, 5.41) is 2.56. The quantitative estimate of drug-likeness (QED) is 0.757. The number of ether oxygens (including phenoxy) is 3. The molecule has 2 heterocycles. The molecule has 0 saturated carbocycles. The number of fused-ring (bicyclic) bond motifs is 1. The molecule has 2 aliphatic heterocycles. The Morgan fingerprint density at radius 3 is 2.54 bits per heavy atom. The average Bonchev–Trinajstić information content (AvgIpc) is 2.48. The molecule has 0 aromatic heterocycles. The molecular formula is C16H26N2O6. The fraction of sp³-hybridized carbons (Fsp3) is 0.812. The number of methoxy groups -OCH3 is 1. The number of piperidine rings is 1. The second-order valence-electron chi connectivity index (χ2n) is 7.14. The number of esters is 1. The van der Waals surface area contributed by atoms with Gasteiger partial charge in [0.1, 0.15) is 23.9 Å². The molecule has 1 N–H and O–H groups in total. The highest BCUT2D eigenvalue weighted by molar-refractivity contribution is 5.91. The summed E-state index contributed by atoms with van der Waals surface area (Å²) in [7, 11) is 1.29. The zero-order valence-electron chi connectivity index (χ0n) is 14.8. The Bertz CT molecular complexity index is 515. The summed E-state index contributed by atoms with van der Waals surface area (Å²) in [4.78, 5) is 38.3. The van der Waals surface area contributed by atoms with Gasteiger partial charge in [-0.15, -0.1) is 0 Å². The first kappa shape index (κ1) is 18.5. The first-order valence-corrected chi connectivity index (χ1v) is 8.19. The van der Waals surface area contributed by atoms with Crippen molar-refractivity contribution in [3.63, 3.8) is 0 Å². The summed E-state index contributed by atoms with van der Waals surface area (Å²) in [5.74, 6) is -0.818. The molecule has 0 radical (unpaired) electrons. The van der Waals surface area contributed by atoms with Crippen LogP contribution in [-0.2, 0) is 23.8 Å². The summed E-state index contributed by atoms with van der Waals surface area (Å²) in [6.45, 7) is 6.94. The van der Waals surface area contributed by atoms with E-state index in [2.05, 4.69) is 5.32 Å². The first-order chi connectivity index (χ1) is 11.1. The minimum atomic E-state index is -0.902. The van der Waals surface area contributed by atoms with Crippen molar-refractivity contribution in [1.29, 1.82) is 0 Å². The molecule has 2 aliphatic rings. The van der Waals surface area contributed by atoms with E-state index in [-0.39, 0.29) is 5.91 Å². The SMILES string of the molecule is COC(=O)[C@@H]1CCC[C@H]2O[C@@H](C)[C@@H](NC(=O)OC(C)(C)C)C(=O)N21. The highest BCUT2D eigenvalue weighted by Crippen LogP contribution is 2.30. The van der Waals surface area contributed by atoms with Gasteiger partial charge in [0.05, 0.1) is 13.2 Å². The van der Waals surface area contributed by atoms with Crippen molar-refractivity contribution in [2.45, 2.75) is 77.0 Å². The third kappa shape index (κ3) is 3.98. The molecule has 0 spiro atoms. The molecule has 0 unspecified atom stereocenters. The van der Waals surface area contributed by atoms with Gasteiger partial charge >= 0.3 is 12.1 Å². The molecule has 4 atom stereocenters. The lowest BCUT2D eigenvalue weighted by Gasteiger charge is -2.47. The maximum Gasteiger partial charge on any atom is 0.408 e. The lowest BCUT2D eigenvalue weighted by atomic mass is 9.96. The standard InChI is InChI=1S/C16H26N2O6/c1-9-12(17-15(21)24-16(2,3)4)13(19)18-10(14(20)22-5)7-6-8-11(18)23-9/h9-12H,6-8H2,1-5H3,(H,17,21)/t9-,10-,11+,12+/m0/s1. The van der Waals surface area contributed by atoms with Gasteiger partial charge in [0.15, 0.2) is 0 Å². The Labute approximate surface area is 141 Å². The highest BCUT2D eigenvalue weighted by Gasteiger charge is 2.48. The van der Waals surface area contributed by atoms with Crippen LogP contribution in [0.15, 0.2) is 0 Å². The van der Waals surface area contributed by atoms with Gasteiger partial charge in [-0.25, -0.2) is 9.59 Å². The van der Waals surface area contributed by atoms with Gasteiger partial charge in [-0.1, -0.05) is 0 Å². The van der Waals surface area contributed by atoms with Crippen molar-refractivity contribution < 1.29 is 28.6 Å². The van der Waals surface area contributed by atoms with Crippen molar-refractivity contribution in [3.05, 3.63) is 0 Å². The van der Waals surface area contributed by atoms with Gasteiger partial charge in [-0.3, -0.25) is 4.79 Å². The topological polar surface area (TPSA) is 94.2 Å². The molecule has 24 heavy (non-hydrogen) atoms. The smallest absolute Gasteiger partial charge is 0.408 e. The van der Waals surface area contributed by atoms with Crippen molar-refractivity contribution in [2.24, 2.45) is 0 Å². The van der Waals surface area contributed by atoms with E-state index in [0.29, 0.717) is 12.8 Å². The number of rotatable bonds is 2. The number of alkyl carbamates (subject to hydrolysis) is 1.